The molecule has 2 aromatic rings. The zero-order valence-corrected chi connectivity index (χ0v) is 9.23. The highest BCUT2D eigenvalue weighted by Crippen LogP contribution is 2.12. The molecule has 0 saturated carbocycles. The van der Waals surface area contributed by atoms with E-state index in [1.165, 1.54) is 0 Å². The highest BCUT2D eigenvalue weighted by Gasteiger charge is 2.03. The average Bonchev–Trinajstić information content (AvgIpc) is 2.70. The van der Waals surface area contributed by atoms with Crippen LogP contribution in [0.25, 0.3) is 0 Å². The molecule has 0 aliphatic carbocycles. The molecule has 5 nitrogen and oxygen atoms in total. The van der Waals surface area contributed by atoms with E-state index in [1.807, 2.05) is 38.0 Å². The molecule has 0 fully saturated rings. The van der Waals surface area contributed by atoms with Crippen LogP contribution in [0.1, 0.15) is 11.4 Å². The van der Waals surface area contributed by atoms with E-state index in [-0.39, 0.29) is 0 Å². The summed E-state index contributed by atoms with van der Waals surface area (Å²) in [5, 5.41) is 11.7. The molecule has 0 aromatic carbocycles. The molecule has 15 heavy (non-hydrogen) atoms. The molecule has 5 heteroatoms. The van der Waals surface area contributed by atoms with E-state index < -0.39 is 0 Å². The Labute approximate surface area is 88.7 Å². The van der Waals surface area contributed by atoms with Crippen molar-refractivity contribution in [3.05, 3.63) is 29.8 Å². The van der Waals surface area contributed by atoms with Crippen LogP contribution in [0.15, 0.2) is 18.5 Å². The first kappa shape index (κ1) is 9.76. The van der Waals surface area contributed by atoms with Gasteiger partial charge in [0.1, 0.15) is 0 Å². The fourth-order valence-electron chi connectivity index (χ4n) is 1.53. The summed E-state index contributed by atoms with van der Waals surface area (Å²) in [6, 6.07) is 2.00. The first-order valence-electron chi connectivity index (χ1n) is 4.88. The van der Waals surface area contributed by atoms with Gasteiger partial charge in [0.2, 0.25) is 0 Å². The van der Waals surface area contributed by atoms with Crippen molar-refractivity contribution in [3.63, 3.8) is 0 Å². The number of aromatic nitrogens is 4. The predicted octanol–water partition coefficient (Wildman–Crippen LogP) is 1.07. The Kier molecular flexibility index (Phi) is 2.45. The Hall–Kier alpha value is -1.78. The van der Waals surface area contributed by atoms with Crippen molar-refractivity contribution in [2.24, 2.45) is 14.1 Å². The van der Waals surface area contributed by atoms with Gasteiger partial charge in [0, 0.05) is 26.5 Å². The molecular weight excluding hydrogens is 190 g/mol. The smallest absolute Gasteiger partial charge is 0.0825 e. The van der Waals surface area contributed by atoms with Gasteiger partial charge in [-0.15, -0.1) is 0 Å². The third-order valence-corrected chi connectivity index (χ3v) is 2.40. The van der Waals surface area contributed by atoms with Crippen molar-refractivity contribution in [2.45, 2.75) is 13.5 Å². The van der Waals surface area contributed by atoms with Crippen molar-refractivity contribution in [3.8, 4) is 0 Å². The van der Waals surface area contributed by atoms with Crippen LogP contribution in [-0.4, -0.2) is 19.6 Å². The summed E-state index contributed by atoms with van der Waals surface area (Å²) in [5.41, 5.74) is 3.23. The highest BCUT2D eigenvalue weighted by atomic mass is 15.3. The lowest BCUT2D eigenvalue weighted by Gasteiger charge is -2.04. The fourth-order valence-corrected chi connectivity index (χ4v) is 1.53. The second-order valence-electron chi connectivity index (χ2n) is 3.60. The number of nitrogens with one attached hydrogen (secondary N) is 1. The van der Waals surface area contributed by atoms with Gasteiger partial charge in [-0.25, -0.2) is 0 Å². The third kappa shape index (κ3) is 2.01. The first-order valence-corrected chi connectivity index (χ1v) is 4.88. The summed E-state index contributed by atoms with van der Waals surface area (Å²) in [4.78, 5) is 0. The molecule has 2 rings (SSSR count). The van der Waals surface area contributed by atoms with E-state index in [4.69, 9.17) is 0 Å². The zero-order chi connectivity index (χ0) is 10.8. The van der Waals surface area contributed by atoms with E-state index in [0.29, 0.717) is 0 Å². The number of hydrogen-bond acceptors (Lipinski definition) is 3. The van der Waals surface area contributed by atoms with E-state index >= 15 is 0 Å². The first-order chi connectivity index (χ1) is 7.16. The van der Waals surface area contributed by atoms with E-state index in [1.54, 1.807) is 10.9 Å². The van der Waals surface area contributed by atoms with E-state index in [9.17, 15) is 0 Å². The maximum atomic E-state index is 4.27. The summed E-state index contributed by atoms with van der Waals surface area (Å²) < 4.78 is 3.67. The summed E-state index contributed by atoms with van der Waals surface area (Å²) in [6.45, 7) is 2.76. The quantitative estimate of drug-likeness (QED) is 0.815. The molecule has 0 unspecified atom stereocenters. The van der Waals surface area contributed by atoms with Crippen molar-refractivity contribution in [1.29, 1.82) is 0 Å². The van der Waals surface area contributed by atoms with Crippen LogP contribution in [0, 0.1) is 6.92 Å². The monoisotopic (exact) mass is 205 g/mol. The fraction of sp³-hybridized carbons (Fsp3) is 0.400. The average molecular weight is 205 g/mol. The van der Waals surface area contributed by atoms with Crippen LogP contribution >= 0.6 is 0 Å². The molecule has 1 N–H and O–H groups in total. The summed E-state index contributed by atoms with van der Waals surface area (Å²) in [7, 11) is 3.86. The number of hydrogen-bond donors (Lipinski definition) is 1. The van der Waals surface area contributed by atoms with Crippen LogP contribution in [-0.2, 0) is 20.6 Å². The Balaban J connectivity index is 2.05. The van der Waals surface area contributed by atoms with Gasteiger partial charge in [0.05, 0.1) is 23.6 Å². The van der Waals surface area contributed by atoms with Gasteiger partial charge in [0.15, 0.2) is 0 Å². The van der Waals surface area contributed by atoms with Gasteiger partial charge < -0.3 is 5.32 Å². The maximum absolute atomic E-state index is 4.27. The third-order valence-electron chi connectivity index (χ3n) is 2.40. The molecule has 2 heterocycles. The number of aryl methyl sites for hydroxylation is 3. The van der Waals surface area contributed by atoms with Gasteiger partial charge in [-0.2, -0.15) is 10.2 Å². The SMILES string of the molecule is Cc1nn(C)cc1NCc1ccnn1C. The second kappa shape index (κ2) is 3.76. The Bertz CT molecular complexity index is 454. The van der Waals surface area contributed by atoms with Crippen LogP contribution in [0.2, 0.25) is 0 Å². The lowest BCUT2D eigenvalue weighted by Crippen LogP contribution is -2.05. The van der Waals surface area contributed by atoms with Crippen LogP contribution in [0.3, 0.4) is 0 Å². The minimum atomic E-state index is 0.767. The highest BCUT2D eigenvalue weighted by molar-refractivity contribution is 5.45. The van der Waals surface area contributed by atoms with Crippen molar-refractivity contribution in [2.75, 3.05) is 5.32 Å². The topological polar surface area (TPSA) is 47.7 Å². The van der Waals surface area contributed by atoms with Crippen molar-refractivity contribution >= 4 is 5.69 Å². The van der Waals surface area contributed by atoms with E-state index in [2.05, 4.69) is 15.5 Å². The standard InChI is InChI=1S/C10H15N5/c1-8-10(7-14(2)13-8)11-6-9-4-5-12-15(9)3/h4-5,7,11H,6H2,1-3H3. The predicted molar refractivity (Wildman–Crippen MR) is 58.5 cm³/mol. The molecule has 0 spiro atoms. The van der Waals surface area contributed by atoms with Gasteiger partial charge in [-0.05, 0) is 13.0 Å². The number of anilines is 1. The number of rotatable bonds is 3. The van der Waals surface area contributed by atoms with Crippen LogP contribution in [0.4, 0.5) is 5.69 Å². The van der Waals surface area contributed by atoms with Gasteiger partial charge in [0.25, 0.3) is 0 Å². The second-order valence-corrected chi connectivity index (χ2v) is 3.60. The van der Waals surface area contributed by atoms with E-state index in [0.717, 1.165) is 23.6 Å². The van der Waals surface area contributed by atoms with Crippen molar-refractivity contribution < 1.29 is 0 Å². The maximum Gasteiger partial charge on any atom is 0.0825 e. The zero-order valence-electron chi connectivity index (χ0n) is 9.23. The molecule has 2 aromatic heterocycles. The molecule has 0 aliphatic rings. The molecule has 0 saturated heterocycles. The normalized spacial score (nSPS) is 10.6. The molecule has 0 atom stereocenters. The summed E-state index contributed by atoms with van der Waals surface area (Å²) >= 11 is 0. The lowest BCUT2D eigenvalue weighted by atomic mass is 10.3. The molecule has 0 radical (unpaired) electrons. The van der Waals surface area contributed by atoms with Crippen LogP contribution in [0.5, 0.6) is 0 Å². The van der Waals surface area contributed by atoms with Gasteiger partial charge in [-0.1, -0.05) is 0 Å². The molecule has 0 bridgehead atoms. The summed E-state index contributed by atoms with van der Waals surface area (Å²) in [5.74, 6) is 0. The van der Waals surface area contributed by atoms with Gasteiger partial charge in [-0.3, -0.25) is 9.36 Å². The van der Waals surface area contributed by atoms with Gasteiger partial charge >= 0.3 is 0 Å². The largest absolute Gasteiger partial charge is 0.377 e. The molecule has 80 valence electrons. The van der Waals surface area contributed by atoms with Crippen molar-refractivity contribution in [1.82, 2.24) is 19.6 Å². The summed E-state index contributed by atoms with van der Waals surface area (Å²) in [6.07, 6.45) is 3.78. The lowest BCUT2D eigenvalue weighted by molar-refractivity contribution is 0.720. The Morgan fingerprint density at radius 1 is 1.40 bits per heavy atom. The number of nitrogens with zero attached hydrogens (tertiary/aromatic N) is 4. The minimum Gasteiger partial charge on any atom is -0.377 e. The minimum absolute atomic E-state index is 0.767. The molecule has 0 amide bonds. The Morgan fingerprint density at radius 2 is 2.20 bits per heavy atom. The Morgan fingerprint density at radius 3 is 2.73 bits per heavy atom. The van der Waals surface area contributed by atoms with Crippen LogP contribution < -0.4 is 5.32 Å². The molecule has 0 aliphatic heterocycles. The molecular formula is C10H15N5.